The Bertz CT molecular complexity index is 740. The Kier molecular flexibility index (Phi) is 4.58. The zero-order valence-electron chi connectivity index (χ0n) is 12.6. The highest BCUT2D eigenvalue weighted by Gasteiger charge is 2.36. The van der Waals surface area contributed by atoms with Crippen molar-refractivity contribution in [1.82, 2.24) is 10.1 Å². The highest BCUT2D eigenvalue weighted by atomic mass is 35.5. The summed E-state index contributed by atoms with van der Waals surface area (Å²) in [5, 5.41) is 15.0. The van der Waals surface area contributed by atoms with Crippen LogP contribution in [0, 0.1) is 17.0 Å². The first kappa shape index (κ1) is 17.2. The maximum Gasteiger partial charge on any atom is 0.293 e. The monoisotopic (exact) mass is 339 g/mol. The third-order valence-electron chi connectivity index (χ3n) is 4.10. The van der Waals surface area contributed by atoms with Gasteiger partial charge < -0.3 is 16.0 Å². The van der Waals surface area contributed by atoms with Gasteiger partial charge in [-0.05, 0) is 31.4 Å². The third-order valence-corrected chi connectivity index (χ3v) is 4.10. The van der Waals surface area contributed by atoms with E-state index in [1.165, 1.54) is 6.07 Å². The van der Waals surface area contributed by atoms with Gasteiger partial charge in [0.25, 0.3) is 11.6 Å². The molecule has 2 aromatic rings. The molecule has 1 aliphatic carbocycles. The van der Waals surface area contributed by atoms with Crippen molar-refractivity contribution in [3.8, 4) is 11.5 Å². The minimum atomic E-state index is -0.577. The van der Waals surface area contributed by atoms with Crippen molar-refractivity contribution in [3.63, 3.8) is 0 Å². The van der Waals surface area contributed by atoms with Crippen molar-refractivity contribution >= 4 is 23.8 Å². The highest BCUT2D eigenvalue weighted by molar-refractivity contribution is 5.85. The smallest absolute Gasteiger partial charge is 0.293 e. The zero-order valence-corrected chi connectivity index (χ0v) is 13.4. The number of aryl methyl sites for hydroxylation is 1. The number of anilines is 1. The number of nitrogens with zero attached hydrogens (tertiary/aromatic N) is 3. The second kappa shape index (κ2) is 6.13. The molecule has 0 amide bonds. The number of nitrogen functional groups attached to an aromatic ring is 1. The molecule has 1 saturated carbocycles. The molecule has 124 valence electrons. The number of nitro groups is 1. The number of nitrogens with two attached hydrogens (primary N) is 2. The lowest BCUT2D eigenvalue weighted by molar-refractivity contribution is -0.383. The standard InChI is InChI=1S/C14H17N5O3.ClH/c1-8-6-9(11(15)10(7-8)19(20)21)12-17-13(18-22-12)14(16)4-2-3-5-14;/h6-7H,2-5,15-16H2,1H3;1H. The van der Waals surface area contributed by atoms with E-state index < -0.39 is 10.5 Å². The fraction of sp³-hybridized carbons (Fsp3) is 0.429. The molecule has 1 fully saturated rings. The Balaban J connectivity index is 0.00000192. The number of aromatic nitrogens is 2. The first-order valence-electron chi connectivity index (χ1n) is 7.09. The van der Waals surface area contributed by atoms with Crippen molar-refractivity contribution < 1.29 is 9.45 Å². The van der Waals surface area contributed by atoms with Gasteiger partial charge in [-0.2, -0.15) is 4.98 Å². The van der Waals surface area contributed by atoms with Gasteiger partial charge in [0.2, 0.25) is 0 Å². The van der Waals surface area contributed by atoms with Crippen molar-refractivity contribution in [1.29, 1.82) is 0 Å². The predicted molar refractivity (Wildman–Crippen MR) is 87.1 cm³/mol. The lowest BCUT2D eigenvalue weighted by Gasteiger charge is -2.17. The van der Waals surface area contributed by atoms with Gasteiger partial charge in [0.1, 0.15) is 5.69 Å². The van der Waals surface area contributed by atoms with E-state index in [0.29, 0.717) is 17.0 Å². The summed E-state index contributed by atoms with van der Waals surface area (Å²) in [6.07, 6.45) is 3.65. The summed E-state index contributed by atoms with van der Waals surface area (Å²) in [5.41, 5.74) is 12.5. The molecule has 0 bridgehead atoms. The molecule has 3 rings (SSSR count). The summed E-state index contributed by atoms with van der Waals surface area (Å²) >= 11 is 0. The lowest BCUT2D eigenvalue weighted by Crippen LogP contribution is -2.34. The molecule has 0 atom stereocenters. The van der Waals surface area contributed by atoms with Crippen LogP contribution in [0.5, 0.6) is 0 Å². The maximum absolute atomic E-state index is 11.1. The predicted octanol–water partition coefficient (Wildman–Crippen LogP) is 2.69. The minimum Gasteiger partial charge on any atom is -0.393 e. The van der Waals surface area contributed by atoms with E-state index >= 15 is 0 Å². The van der Waals surface area contributed by atoms with Gasteiger partial charge in [-0.25, -0.2) is 0 Å². The molecular formula is C14H18ClN5O3. The molecule has 1 aromatic heterocycles. The molecule has 1 heterocycles. The Morgan fingerprint density at radius 1 is 1.35 bits per heavy atom. The molecule has 0 aliphatic heterocycles. The van der Waals surface area contributed by atoms with Gasteiger partial charge in [0.05, 0.1) is 16.0 Å². The number of rotatable bonds is 3. The fourth-order valence-corrected chi connectivity index (χ4v) is 2.87. The first-order chi connectivity index (χ1) is 10.4. The molecule has 9 heteroatoms. The number of benzene rings is 1. The van der Waals surface area contributed by atoms with Crippen molar-refractivity contribution in [2.75, 3.05) is 5.73 Å². The van der Waals surface area contributed by atoms with E-state index in [1.54, 1.807) is 13.0 Å². The Morgan fingerprint density at radius 2 is 2.00 bits per heavy atom. The van der Waals surface area contributed by atoms with Crippen LogP contribution >= 0.6 is 12.4 Å². The number of hydrogen-bond acceptors (Lipinski definition) is 7. The van der Waals surface area contributed by atoms with Gasteiger partial charge in [-0.3, -0.25) is 10.1 Å². The zero-order chi connectivity index (χ0) is 15.9. The molecule has 0 spiro atoms. The van der Waals surface area contributed by atoms with Gasteiger partial charge in [-0.1, -0.05) is 18.0 Å². The van der Waals surface area contributed by atoms with E-state index in [9.17, 15) is 10.1 Å². The largest absolute Gasteiger partial charge is 0.393 e. The Labute approximate surface area is 138 Å². The number of nitro benzene ring substituents is 1. The molecular weight excluding hydrogens is 322 g/mol. The van der Waals surface area contributed by atoms with Crippen LogP contribution in [0.25, 0.3) is 11.5 Å². The van der Waals surface area contributed by atoms with Gasteiger partial charge in [0.15, 0.2) is 5.82 Å². The quantitative estimate of drug-likeness (QED) is 0.498. The van der Waals surface area contributed by atoms with Crippen molar-refractivity contribution in [2.24, 2.45) is 5.73 Å². The molecule has 0 saturated heterocycles. The fourth-order valence-electron chi connectivity index (χ4n) is 2.87. The second-order valence-electron chi connectivity index (χ2n) is 5.79. The van der Waals surface area contributed by atoms with Gasteiger partial charge in [-0.15, -0.1) is 12.4 Å². The van der Waals surface area contributed by atoms with Crippen LogP contribution in [0.2, 0.25) is 0 Å². The molecule has 23 heavy (non-hydrogen) atoms. The average molecular weight is 340 g/mol. The van der Waals surface area contributed by atoms with Crippen LogP contribution in [-0.4, -0.2) is 15.1 Å². The first-order valence-corrected chi connectivity index (χ1v) is 7.09. The van der Waals surface area contributed by atoms with Crippen molar-refractivity contribution in [3.05, 3.63) is 33.6 Å². The van der Waals surface area contributed by atoms with Crippen LogP contribution in [0.1, 0.15) is 37.1 Å². The third kappa shape index (κ3) is 2.99. The maximum atomic E-state index is 11.1. The highest BCUT2D eigenvalue weighted by Crippen LogP contribution is 2.37. The van der Waals surface area contributed by atoms with Crippen molar-refractivity contribution in [2.45, 2.75) is 38.1 Å². The lowest BCUT2D eigenvalue weighted by atomic mass is 9.98. The van der Waals surface area contributed by atoms with Gasteiger partial charge in [0, 0.05) is 6.07 Å². The average Bonchev–Trinajstić information content (AvgIpc) is 3.10. The van der Waals surface area contributed by atoms with E-state index in [4.69, 9.17) is 16.0 Å². The van der Waals surface area contributed by atoms with Gasteiger partial charge >= 0.3 is 0 Å². The second-order valence-corrected chi connectivity index (χ2v) is 5.79. The SMILES string of the molecule is Cc1cc(-c2nc(C3(N)CCCC3)no2)c(N)c([N+](=O)[O-])c1.Cl. The summed E-state index contributed by atoms with van der Waals surface area (Å²) in [7, 11) is 0. The van der Waals surface area contributed by atoms with Crippen LogP contribution in [-0.2, 0) is 5.54 Å². The molecule has 1 aliphatic rings. The van der Waals surface area contributed by atoms with E-state index in [1.807, 2.05) is 0 Å². The van der Waals surface area contributed by atoms with E-state index in [0.717, 1.165) is 25.7 Å². The van der Waals surface area contributed by atoms with E-state index in [-0.39, 0.29) is 29.7 Å². The molecule has 4 N–H and O–H groups in total. The molecule has 8 nitrogen and oxygen atoms in total. The Morgan fingerprint density at radius 3 is 2.61 bits per heavy atom. The molecule has 0 unspecified atom stereocenters. The molecule has 0 radical (unpaired) electrons. The van der Waals surface area contributed by atoms with Crippen LogP contribution in [0.4, 0.5) is 11.4 Å². The molecule has 1 aromatic carbocycles. The number of hydrogen-bond donors (Lipinski definition) is 2. The summed E-state index contributed by atoms with van der Waals surface area (Å²) in [6, 6.07) is 3.11. The summed E-state index contributed by atoms with van der Waals surface area (Å²) in [5.74, 6) is 0.597. The van der Waals surface area contributed by atoms with Crippen LogP contribution in [0.3, 0.4) is 0 Å². The minimum absolute atomic E-state index is 0. The van der Waals surface area contributed by atoms with Crippen LogP contribution < -0.4 is 11.5 Å². The summed E-state index contributed by atoms with van der Waals surface area (Å²) in [6.45, 7) is 1.74. The number of halogens is 1. The topological polar surface area (TPSA) is 134 Å². The van der Waals surface area contributed by atoms with E-state index in [2.05, 4.69) is 10.1 Å². The summed E-state index contributed by atoms with van der Waals surface area (Å²) in [4.78, 5) is 14.9. The van der Waals surface area contributed by atoms with Crippen LogP contribution in [0.15, 0.2) is 16.7 Å². The Hall–Kier alpha value is -2.19. The summed E-state index contributed by atoms with van der Waals surface area (Å²) < 4.78 is 5.26. The normalized spacial score (nSPS) is 16.1.